The summed E-state index contributed by atoms with van der Waals surface area (Å²) in [5.74, 6) is 0.774. The van der Waals surface area contributed by atoms with Crippen LogP contribution in [0.25, 0.3) is 22.3 Å². The number of nitrogens with one attached hydrogen (secondary N) is 1. The van der Waals surface area contributed by atoms with Gasteiger partial charge in [0.2, 0.25) is 0 Å². The first kappa shape index (κ1) is 15.1. The molecule has 0 radical (unpaired) electrons. The van der Waals surface area contributed by atoms with Gasteiger partial charge in [0, 0.05) is 30.0 Å². The fourth-order valence-electron chi connectivity index (χ4n) is 2.83. The molecule has 0 amide bonds. The fraction of sp³-hybridized carbons (Fsp3) is 0.222. The van der Waals surface area contributed by atoms with E-state index >= 15 is 0 Å². The molecule has 1 aliphatic heterocycles. The number of nitrogens with zero attached hydrogens (tertiary/aromatic N) is 2. The smallest absolute Gasteiger partial charge is 0.315 e. The Bertz CT molecular complexity index is 884. The van der Waals surface area contributed by atoms with Crippen molar-refractivity contribution in [1.29, 1.82) is 0 Å². The summed E-state index contributed by atoms with van der Waals surface area (Å²) in [6.07, 6.45) is -4.34. The summed E-state index contributed by atoms with van der Waals surface area (Å²) in [5.41, 5.74) is 1.68. The first-order valence-corrected chi connectivity index (χ1v) is 7.67. The van der Waals surface area contributed by atoms with Crippen molar-refractivity contribution in [2.75, 3.05) is 13.1 Å². The Balaban J connectivity index is 1.82. The minimum Gasteiger partial charge on any atom is -0.315 e. The van der Waals surface area contributed by atoms with E-state index in [0.29, 0.717) is 17.3 Å². The van der Waals surface area contributed by atoms with Crippen molar-refractivity contribution < 1.29 is 13.2 Å². The molecule has 122 valence electrons. The molecular formula is C18H14F3N3. The molecule has 3 aromatic rings. The molecule has 2 aromatic carbocycles. The second-order valence-electron chi connectivity index (χ2n) is 5.88. The number of benzene rings is 2. The lowest BCUT2D eigenvalue weighted by Gasteiger charge is -2.27. The van der Waals surface area contributed by atoms with Gasteiger partial charge in [0.1, 0.15) is 0 Å². The van der Waals surface area contributed by atoms with Gasteiger partial charge in [-0.3, -0.25) is 0 Å². The predicted molar refractivity (Wildman–Crippen MR) is 85.6 cm³/mol. The lowest BCUT2D eigenvalue weighted by Crippen LogP contribution is -2.40. The van der Waals surface area contributed by atoms with Crippen LogP contribution in [0.5, 0.6) is 0 Å². The Labute approximate surface area is 136 Å². The maximum Gasteiger partial charge on any atom is 0.416 e. The molecule has 0 spiro atoms. The van der Waals surface area contributed by atoms with Crippen LogP contribution < -0.4 is 5.32 Å². The lowest BCUT2D eigenvalue weighted by molar-refractivity contribution is -0.137. The zero-order valence-electron chi connectivity index (χ0n) is 12.6. The highest BCUT2D eigenvalue weighted by atomic mass is 19.4. The predicted octanol–water partition coefficient (Wildman–Crippen LogP) is 4.00. The van der Waals surface area contributed by atoms with E-state index < -0.39 is 11.7 Å². The second kappa shape index (κ2) is 5.56. The van der Waals surface area contributed by atoms with Crippen LogP contribution in [0.1, 0.15) is 17.2 Å². The third kappa shape index (κ3) is 2.63. The third-order valence-electron chi connectivity index (χ3n) is 4.27. The molecule has 2 heterocycles. The topological polar surface area (TPSA) is 37.8 Å². The molecule has 24 heavy (non-hydrogen) atoms. The zero-order valence-corrected chi connectivity index (χ0v) is 12.6. The van der Waals surface area contributed by atoms with E-state index in [9.17, 15) is 13.2 Å². The molecule has 1 saturated heterocycles. The largest absolute Gasteiger partial charge is 0.416 e. The highest BCUT2D eigenvalue weighted by Crippen LogP contribution is 2.32. The maximum atomic E-state index is 12.7. The average Bonchev–Trinajstić information content (AvgIpc) is 2.52. The van der Waals surface area contributed by atoms with Crippen LogP contribution in [0.2, 0.25) is 0 Å². The van der Waals surface area contributed by atoms with Crippen molar-refractivity contribution in [3.8, 4) is 11.4 Å². The van der Waals surface area contributed by atoms with Crippen LogP contribution >= 0.6 is 0 Å². The summed E-state index contributed by atoms with van der Waals surface area (Å²) in [5, 5.41) is 4.22. The molecule has 1 aliphatic rings. The Kier molecular flexibility index (Phi) is 3.49. The summed E-state index contributed by atoms with van der Waals surface area (Å²) >= 11 is 0. The second-order valence-corrected chi connectivity index (χ2v) is 5.88. The highest BCUT2D eigenvalue weighted by Gasteiger charge is 2.30. The molecule has 6 heteroatoms. The van der Waals surface area contributed by atoms with Crippen LogP contribution in [0.15, 0.2) is 48.5 Å². The van der Waals surface area contributed by atoms with Gasteiger partial charge in [-0.05, 0) is 18.2 Å². The monoisotopic (exact) mass is 329 g/mol. The minimum absolute atomic E-state index is 0.311. The van der Waals surface area contributed by atoms with Crippen molar-refractivity contribution in [3.05, 3.63) is 59.8 Å². The van der Waals surface area contributed by atoms with E-state index in [1.807, 2.05) is 24.3 Å². The van der Waals surface area contributed by atoms with Gasteiger partial charge >= 0.3 is 6.18 Å². The third-order valence-corrected chi connectivity index (χ3v) is 4.27. The number of fused-ring (bicyclic) bond motifs is 1. The number of aromatic nitrogens is 2. The van der Waals surface area contributed by atoms with Crippen molar-refractivity contribution in [2.24, 2.45) is 0 Å². The average molecular weight is 329 g/mol. The van der Waals surface area contributed by atoms with E-state index in [-0.39, 0.29) is 0 Å². The number of para-hydroxylation sites is 1. The summed E-state index contributed by atoms with van der Waals surface area (Å²) in [7, 11) is 0. The van der Waals surface area contributed by atoms with Crippen molar-refractivity contribution in [1.82, 2.24) is 15.3 Å². The first-order chi connectivity index (χ1) is 11.5. The van der Waals surface area contributed by atoms with Crippen LogP contribution in [-0.4, -0.2) is 23.1 Å². The van der Waals surface area contributed by atoms with E-state index in [1.165, 1.54) is 12.1 Å². The molecule has 0 saturated carbocycles. The molecule has 3 nitrogen and oxygen atoms in total. The molecule has 0 aliphatic carbocycles. The molecule has 0 bridgehead atoms. The van der Waals surface area contributed by atoms with Crippen LogP contribution in [-0.2, 0) is 6.18 Å². The van der Waals surface area contributed by atoms with Gasteiger partial charge in [0.15, 0.2) is 5.82 Å². The fourth-order valence-corrected chi connectivity index (χ4v) is 2.83. The maximum absolute atomic E-state index is 12.7. The summed E-state index contributed by atoms with van der Waals surface area (Å²) in [6.45, 7) is 1.71. The van der Waals surface area contributed by atoms with Crippen molar-refractivity contribution in [3.63, 3.8) is 0 Å². The number of hydrogen-bond donors (Lipinski definition) is 1. The van der Waals surface area contributed by atoms with Crippen LogP contribution in [0.3, 0.4) is 0 Å². The van der Waals surface area contributed by atoms with Gasteiger partial charge in [0.25, 0.3) is 0 Å². The Hall–Kier alpha value is -2.47. The number of alkyl halides is 3. The standard InChI is InChI=1S/C18H14F3N3/c19-18(20,21)13-7-5-11(6-8-13)17-23-15-4-2-1-3-14(15)16(24-17)12-9-22-10-12/h1-8,12,22H,9-10H2. The Morgan fingerprint density at radius 1 is 0.917 bits per heavy atom. The normalized spacial score (nSPS) is 15.5. The van der Waals surface area contributed by atoms with Gasteiger partial charge in [0.05, 0.1) is 16.8 Å². The van der Waals surface area contributed by atoms with Gasteiger partial charge in [-0.25, -0.2) is 9.97 Å². The first-order valence-electron chi connectivity index (χ1n) is 7.67. The molecule has 1 aromatic heterocycles. The number of rotatable bonds is 2. The van der Waals surface area contributed by atoms with Crippen molar-refractivity contribution >= 4 is 10.9 Å². The van der Waals surface area contributed by atoms with Gasteiger partial charge < -0.3 is 5.32 Å². The van der Waals surface area contributed by atoms with Gasteiger partial charge in [-0.15, -0.1) is 0 Å². The van der Waals surface area contributed by atoms with E-state index in [1.54, 1.807) is 0 Å². The highest BCUT2D eigenvalue weighted by molar-refractivity contribution is 5.83. The van der Waals surface area contributed by atoms with Crippen LogP contribution in [0.4, 0.5) is 13.2 Å². The molecule has 1 fully saturated rings. The van der Waals surface area contributed by atoms with E-state index in [2.05, 4.69) is 15.3 Å². The van der Waals surface area contributed by atoms with Gasteiger partial charge in [-0.2, -0.15) is 13.2 Å². The van der Waals surface area contributed by atoms with E-state index in [4.69, 9.17) is 0 Å². The Morgan fingerprint density at radius 3 is 2.25 bits per heavy atom. The number of hydrogen-bond acceptors (Lipinski definition) is 3. The van der Waals surface area contributed by atoms with E-state index in [0.717, 1.165) is 41.8 Å². The molecule has 0 unspecified atom stereocenters. The quantitative estimate of drug-likeness (QED) is 0.772. The summed E-state index contributed by atoms with van der Waals surface area (Å²) in [4.78, 5) is 9.18. The summed E-state index contributed by atoms with van der Waals surface area (Å²) < 4.78 is 38.1. The molecule has 1 N–H and O–H groups in total. The lowest BCUT2D eigenvalue weighted by atomic mass is 9.95. The molecular weight excluding hydrogens is 315 g/mol. The molecule has 0 atom stereocenters. The minimum atomic E-state index is -4.34. The molecule has 4 rings (SSSR count). The zero-order chi connectivity index (χ0) is 16.7. The summed E-state index contributed by atoms with van der Waals surface area (Å²) in [6, 6.07) is 12.7. The van der Waals surface area contributed by atoms with Gasteiger partial charge in [-0.1, -0.05) is 30.3 Å². The van der Waals surface area contributed by atoms with Crippen molar-refractivity contribution in [2.45, 2.75) is 12.1 Å². The number of halogens is 3. The Morgan fingerprint density at radius 2 is 1.62 bits per heavy atom. The van der Waals surface area contributed by atoms with Crippen LogP contribution in [0, 0.1) is 0 Å². The SMILES string of the molecule is FC(F)(F)c1ccc(-c2nc(C3CNC3)c3ccccc3n2)cc1.